The second-order valence-electron chi connectivity index (χ2n) is 10.5. The van der Waals surface area contributed by atoms with Crippen LogP contribution in [-0.4, -0.2) is 63.7 Å². The lowest BCUT2D eigenvalue weighted by Crippen LogP contribution is -2.40. The van der Waals surface area contributed by atoms with Crippen molar-refractivity contribution < 1.29 is 27.9 Å². The standard InChI is InChI=1S/C27H32F3N5O3.2ClH/c28-27(29,30)23-5-2-10-35(23)16-19-13-20(6-7-21(19)17-3-1-4-17)33-25(36)22-14-32-24(15-31-22)34-11-8-18(9-12-34)26(37)38;;/h6-7,13-15,17-18,23H,1-5,8-12,16H2,(H,33,36)(H,37,38);2*1H/t23-;;/m0../s1. The number of likely N-dealkylation sites (tertiary alicyclic amines) is 1. The topological polar surface area (TPSA) is 98.7 Å². The highest BCUT2D eigenvalue weighted by molar-refractivity contribution is 6.02. The molecule has 2 saturated heterocycles. The number of piperidine rings is 1. The Morgan fingerprint density at radius 2 is 1.70 bits per heavy atom. The van der Waals surface area contributed by atoms with Crippen LogP contribution in [0.4, 0.5) is 24.7 Å². The number of nitrogens with one attached hydrogen (secondary N) is 1. The highest BCUT2D eigenvalue weighted by atomic mass is 35.5. The number of aliphatic carboxylic acids is 1. The SMILES string of the molecule is Cl.Cl.O=C(Nc1ccc(C2CCC2)c(CN2CCC[C@H]2C(F)(F)F)c1)c1cnc(N2CCC(C(=O)O)CC2)cn1. The molecule has 0 spiro atoms. The average molecular weight is 605 g/mol. The number of anilines is 2. The zero-order valence-electron chi connectivity index (χ0n) is 21.9. The number of aromatic nitrogens is 2. The van der Waals surface area contributed by atoms with Crippen molar-refractivity contribution in [2.45, 2.75) is 69.6 Å². The van der Waals surface area contributed by atoms with Gasteiger partial charge in [0, 0.05) is 25.3 Å². The van der Waals surface area contributed by atoms with Crippen LogP contribution >= 0.6 is 24.8 Å². The van der Waals surface area contributed by atoms with Gasteiger partial charge in [-0.15, -0.1) is 24.8 Å². The van der Waals surface area contributed by atoms with Crippen LogP contribution in [0.2, 0.25) is 0 Å². The summed E-state index contributed by atoms with van der Waals surface area (Å²) in [7, 11) is 0. The average Bonchev–Trinajstić information content (AvgIpc) is 3.33. The van der Waals surface area contributed by atoms with Gasteiger partial charge in [-0.1, -0.05) is 12.5 Å². The minimum absolute atomic E-state index is 0. The van der Waals surface area contributed by atoms with Crippen LogP contribution in [0.1, 0.15) is 72.5 Å². The Morgan fingerprint density at radius 3 is 2.27 bits per heavy atom. The number of hydrogen-bond donors (Lipinski definition) is 2. The summed E-state index contributed by atoms with van der Waals surface area (Å²) < 4.78 is 40.6. The van der Waals surface area contributed by atoms with Crippen molar-refractivity contribution >= 4 is 48.2 Å². The van der Waals surface area contributed by atoms with E-state index in [1.807, 2.05) is 11.0 Å². The Hall–Kier alpha value is -2.63. The summed E-state index contributed by atoms with van der Waals surface area (Å²) in [4.78, 5) is 36.1. The first-order chi connectivity index (χ1) is 18.2. The Labute approximate surface area is 243 Å². The molecule has 5 rings (SSSR count). The quantitative estimate of drug-likeness (QED) is 0.421. The van der Waals surface area contributed by atoms with Crippen LogP contribution in [0.25, 0.3) is 0 Å². The molecule has 2 aromatic rings. The molecule has 0 radical (unpaired) electrons. The molecule has 2 N–H and O–H groups in total. The van der Waals surface area contributed by atoms with E-state index >= 15 is 0 Å². The van der Waals surface area contributed by atoms with Crippen molar-refractivity contribution in [2.24, 2.45) is 5.92 Å². The maximum absolute atomic E-state index is 13.5. The Balaban J connectivity index is 0.00000220. The predicted molar refractivity (Wildman–Crippen MR) is 150 cm³/mol. The maximum atomic E-state index is 13.5. The van der Waals surface area contributed by atoms with Crippen molar-refractivity contribution in [2.75, 3.05) is 29.9 Å². The van der Waals surface area contributed by atoms with Gasteiger partial charge in [0.15, 0.2) is 0 Å². The first kappa shape index (κ1) is 31.9. The van der Waals surface area contributed by atoms with E-state index in [0.717, 1.165) is 30.4 Å². The van der Waals surface area contributed by atoms with Gasteiger partial charge >= 0.3 is 12.1 Å². The Kier molecular flexibility index (Phi) is 10.6. The first-order valence-corrected chi connectivity index (χ1v) is 13.2. The minimum atomic E-state index is -4.25. The summed E-state index contributed by atoms with van der Waals surface area (Å²) in [6.45, 7) is 1.71. The number of carbonyl (C=O) groups excluding carboxylic acids is 1. The highest BCUT2D eigenvalue weighted by Crippen LogP contribution is 2.40. The highest BCUT2D eigenvalue weighted by Gasteiger charge is 2.45. The third kappa shape index (κ3) is 7.16. The summed E-state index contributed by atoms with van der Waals surface area (Å²) in [6, 6.07) is 4.10. The lowest BCUT2D eigenvalue weighted by Gasteiger charge is -2.31. The van der Waals surface area contributed by atoms with Gasteiger partial charge in [0.2, 0.25) is 0 Å². The number of amides is 1. The molecule has 3 aliphatic rings. The van der Waals surface area contributed by atoms with E-state index in [1.165, 1.54) is 17.3 Å². The normalized spacial score (nSPS) is 20.3. The number of alkyl halides is 3. The summed E-state index contributed by atoms with van der Waals surface area (Å²) >= 11 is 0. The van der Waals surface area contributed by atoms with Gasteiger partial charge in [0.1, 0.15) is 17.6 Å². The van der Waals surface area contributed by atoms with E-state index in [9.17, 15) is 22.8 Å². The molecule has 3 heterocycles. The number of nitrogens with zero attached hydrogens (tertiary/aromatic N) is 4. The van der Waals surface area contributed by atoms with Crippen LogP contribution in [0, 0.1) is 5.92 Å². The lowest BCUT2D eigenvalue weighted by molar-refractivity contribution is -0.177. The molecule has 0 bridgehead atoms. The monoisotopic (exact) mass is 603 g/mol. The lowest BCUT2D eigenvalue weighted by atomic mass is 9.78. The molecule has 8 nitrogen and oxygen atoms in total. The molecule has 1 saturated carbocycles. The van der Waals surface area contributed by atoms with Crippen molar-refractivity contribution in [3.8, 4) is 0 Å². The number of hydrogen-bond acceptors (Lipinski definition) is 6. The van der Waals surface area contributed by atoms with E-state index in [0.29, 0.717) is 56.3 Å². The third-order valence-electron chi connectivity index (χ3n) is 8.10. The summed E-state index contributed by atoms with van der Waals surface area (Å²) in [5.74, 6) is -0.657. The fourth-order valence-electron chi connectivity index (χ4n) is 5.70. The molecule has 3 fully saturated rings. The second kappa shape index (κ2) is 13.4. The number of carboxylic acids is 1. The molecule has 220 valence electrons. The zero-order chi connectivity index (χ0) is 26.9. The van der Waals surface area contributed by atoms with Crippen molar-refractivity contribution in [3.05, 3.63) is 47.4 Å². The molecular weight excluding hydrogens is 570 g/mol. The van der Waals surface area contributed by atoms with Crippen molar-refractivity contribution in [1.82, 2.24) is 14.9 Å². The molecule has 2 aliphatic heterocycles. The Morgan fingerprint density at radius 1 is 0.975 bits per heavy atom. The van der Waals surface area contributed by atoms with E-state index in [-0.39, 0.29) is 49.4 Å². The van der Waals surface area contributed by atoms with E-state index in [4.69, 9.17) is 5.11 Å². The number of carboxylic acid groups (broad SMARTS) is 1. The maximum Gasteiger partial charge on any atom is 0.404 e. The summed E-state index contributed by atoms with van der Waals surface area (Å²) in [6.07, 6.45) is 3.49. The van der Waals surface area contributed by atoms with Crippen LogP contribution in [-0.2, 0) is 11.3 Å². The molecule has 1 aromatic heterocycles. The largest absolute Gasteiger partial charge is 0.481 e. The smallest absolute Gasteiger partial charge is 0.404 e. The van der Waals surface area contributed by atoms with Gasteiger partial charge in [-0.3, -0.25) is 14.5 Å². The number of rotatable bonds is 7. The van der Waals surface area contributed by atoms with Crippen LogP contribution in [0.5, 0.6) is 0 Å². The Bertz CT molecular complexity index is 1170. The van der Waals surface area contributed by atoms with E-state index < -0.39 is 24.1 Å². The van der Waals surface area contributed by atoms with Gasteiger partial charge in [0.25, 0.3) is 5.91 Å². The molecule has 13 heteroatoms. The third-order valence-corrected chi connectivity index (χ3v) is 8.10. The molecular formula is C27H34Cl2F3N5O3. The zero-order valence-corrected chi connectivity index (χ0v) is 23.5. The van der Waals surface area contributed by atoms with Gasteiger partial charge in [-0.05, 0) is 74.2 Å². The molecule has 1 aliphatic carbocycles. The van der Waals surface area contributed by atoms with Crippen molar-refractivity contribution in [1.29, 1.82) is 0 Å². The second-order valence-corrected chi connectivity index (χ2v) is 10.5. The first-order valence-electron chi connectivity index (χ1n) is 13.2. The molecule has 1 amide bonds. The summed E-state index contributed by atoms with van der Waals surface area (Å²) in [5, 5.41) is 12.0. The van der Waals surface area contributed by atoms with E-state index in [2.05, 4.69) is 15.3 Å². The van der Waals surface area contributed by atoms with Crippen LogP contribution < -0.4 is 10.2 Å². The molecule has 40 heavy (non-hydrogen) atoms. The van der Waals surface area contributed by atoms with Crippen LogP contribution in [0.3, 0.4) is 0 Å². The number of carbonyl (C=O) groups is 2. The molecule has 0 unspecified atom stereocenters. The van der Waals surface area contributed by atoms with Gasteiger partial charge in [0.05, 0.1) is 18.3 Å². The van der Waals surface area contributed by atoms with E-state index in [1.54, 1.807) is 12.1 Å². The number of benzene rings is 1. The van der Waals surface area contributed by atoms with Gasteiger partial charge in [-0.2, -0.15) is 13.2 Å². The summed E-state index contributed by atoms with van der Waals surface area (Å²) in [5.41, 5.74) is 2.53. The fraction of sp³-hybridized carbons (Fsp3) is 0.556. The van der Waals surface area contributed by atoms with Crippen LogP contribution in [0.15, 0.2) is 30.6 Å². The number of halogens is 5. The fourth-order valence-corrected chi connectivity index (χ4v) is 5.70. The molecule has 1 aromatic carbocycles. The molecule has 1 atom stereocenters. The van der Waals surface area contributed by atoms with Gasteiger partial charge in [-0.25, -0.2) is 9.97 Å². The van der Waals surface area contributed by atoms with Gasteiger partial charge < -0.3 is 15.3 Å². The predicted octanol–water partition coefficient (Wildman–Crippen LogP) is 5.67. The van der Waals surface area contributed by atoms with Crippen molar-refractivity contribution in [3.63, 3.8) is 0 Å². The minimum Gasteiger partial charge on any atom is -0.481 e.